The fourth-order valence-electron chi connectivity index (χ4n) is 1.79. The summed E-state index contributed by atoms with van der Waals surface area (Å²) in [6, 6.07) is 6.37. The van der Waals surface area contributed by atoms with Crippen LogP contribution in [0.1, 0.15) is 17.4 Å². The highest BCUT2D eigenvalue weighted by Crippen LogP contribution is 2.23. The van der Waals surface area contributed by atoms with Crippen molar-refractivity contribution in [1.82, 2.24) is 4.98 Å². The third kappa shape index (κ3) is 3.07. The van der Waals surface area contributed by atoms with E-state index < -0.39 is 0 Å². The van der Waals surface area contributed by atoms with Gasteiger partial charge in [-0.05, 0) is 52.9 Å². The Bertz CT molecular complexity index is 482. The number of aryl methyl sites for hydroxylation is 1. The predicted octanol–water partition coefficient (Wildman–Crippen LogP) is 4.24. The number of rotatable bonds is 4. The maximum atomic E-state index is 4.51. The van der Waals surface area contributed by atoms with Crippen LogP contribution in [0.4, 0.5) is 5.82 Å². The first-order chi connectivity index (χ1) is 8.20. The van der Waals surface area contributed by atoms with E-state index in [9.17, 15) is 0 Å². The van der Waals surface area contributed by atoms with E-state index in [1.807, 2.05) is 6.20 Å². The SMILES string of the molecule is CCN(Cc1cccs1)c1ncc(Br)cc1C. The first-order valence-corrected chi connectivity index (χ1v) is 7.27. The van der Waals surface area contributed by atoms with Gasteiger partial charge in [0.2, 0.25) is 0 Å². The Kier molecular flexibility index (Phi) is 4.18. The summed E-state index contributed by atoms with van der Waals surface area (Å²) >= 11 is 5.24. The zero-order valence-electron chi connectivity index (χ0n) is 9.98. The van der Waals surface area contributed by atoms with Gasteiger partial charge in [-0.1, -0.05) is 6.07 Å². The van der Waals surface area contributed by atoms with E-state index in [0.29, 0.717) is 0 Å². The molecule has 0 aliphatic carbocycles. The van der Waals surface area contributed by atoms with E-state index in [1.165, 1.54) is 10.4 Å². The largest absolute Gasteiger partial charge is 0.352 e. The smallest absolute Gasteiger partial charge is 0.131 e. The molecule has 0 bridgehead atoms. The Labute approximate surface area is 114 Å². The summed E-state index contributed by atoms with van der Waals surface area (Å²) in [6.07, 6.45) is 1.86. The number of hydrogen-bond acceptors (Lipinski definition) is 3. The summed E-state index contributed by atoms with van der Waals surface area (Å²) < 4.78 is 1.03. The topological polar surface area (TPSA) is 16.1 Å². The molecule has 2 aromatic rings. The normalized spacial score (nSPS) is 10.5. The molecule has 0 aliphatic heterocycles. The van der Waals surface area contributed by atoms with E-state index >= 15 is 0 Å². The number of nitrogens with zero attached hydrogens (tertiary/aromatic N) is 2. The first-order valence-electron chi connectivity index (χ1n) is 5.60. The van der Waals surface area contributed by atoms with Gasteiger partial charge in [-0.3, -0.25) is 0 Å². The molecule has 17 heavy (non-hydrogen) atoms. The molecule has 0 aliphatic rings. The molecule has 0 fully saturated rings. The second-order valence-corrected chi connectivity index (χ2v) is 5.84. The van der Waals surface area contributed by atoms with Crippen LogP contribution >= 0.6 is 27.3 Å². The quantitative estimate of drug-likeness (QED) is 0.839. The lowest BCUT2D eigenvalue weighted by Gasteiger charge is -2.23. The van der Waals surface area contributed by atoms with Crippen LogP contribution in [0, 0.1) is 6.92 Å². The van der Waals surface area contributed by atoms with Gasteiger partial charge in [0.15, 0.2) is 0 Å². The van der Waals surface area contributed by atoms with Crippen molar-refractivity contribution in [3.8, 4) is 0 Å². The van der Waals surface area contributed by atoms with Crippen molar-refractivity contribution < 1.29 is 0 Å². The van der Waals surface area contributed by atoms with Gasteiger partial charge in [0.05, 0.1) is 6.54 Å². The Morgan fingerprint density at radius 2 is 2.29 bits per heavy atom. The minimum Gasteiger partial charge on any atom is -0.352 e. The summed E-state index contributed by atoms with van der Waals surface area (Å²) in [7, 11) is 0. The molecule has 2 aromatic heterocycles. The Morgan fingerprint density at radius 3 is 2.88 bits per heavy atom. The summed E-state index contributed by atoms with van der Waals surface area (Å²) in [4.78, 5) is 8.18. The van der Waals surface area contributed by atoms with Crippen LogP contribution in [0.5, 0.6) is 0 Å². The van der Waals surface area contributed by atoms with Crippen LogP contribution in [-0.2, 0) is 6.54 Å². The molecule has 2 heterocycles. The lowest BCUT2D eigenvalue weighted by atomic mass is 10.2. The predicted molar refractivity (Wildman–Crippen MR) is 77.7 cm³/mol. The van der Waals surface area contributed by atoms with Crippen molar-refractivity contribution in [2.75, 3.05) is 11.4 Å². The van der Waals surface area contributed by atoms with Gasteiger partial charge < -0.3 is 4.90 Å². The lowest BCUT2D eigenvalue weighted by molar-refractivity contribution is 0.817. The van der Waals surface area contributed by atoms with E-state index in [1.54, 1.807) is 11.3 Å². The lowest BCUT2D eigenvalue weighted by Crippen LogP contribution is -2.23. The van der Waals surface area contributed by atoms with Crippen molar-refractivity contribution >= 4 is 33.1 Å². The van der Waals surface area contributed by atoms with Crippen molar-refractivity contribution in [3.05, 3.63) is 44.7 Å². The fourth-order valence-corrected chi connectivity index (χ4v) is 2.96. The molecule has 4 heteroatoms. The number of halogens is 1. The molecule has 0 unspecified atom stereocenters. The maximum absolute atomic E-state index is 4.51. The van der Waals surface area contributed by atoms with Crippen LogP contribution in [0.3, 0.4) is 0 Å². The van der Waals surface area contributed by atoms with Gasteiger partial charge in [0.1, 0.15) is 5.82 Å². The minimum absolute atomic E-state index is 0.934. The fraction of sp³-hybridized carbons (Fsp3) is 0.308. The standard InChI is InChI=1S/C13H15BrN2S/c1-3-16(9-12-5-4-6-17-12)13-10(2)7-11(14)8-15-13/h4-8H,3,9H2,1-2H3. The van der Waals surface area contributed by atoms with Crippen molar-refractivity contribution in [3.63, 3.8) is 0 Å². The second-order valence-electron chi connectivity index (χ2n) is 3.89. The molecule has 0 saturated carbocycles. The highest BCUT2D eigenvalue weighted by atomic mass is 79.9. The van der Waals surface area contributed by atoms with E-state index in [-0.39, 0.29) is 0 Å². The highest BCUT2D eigenvalue weighted by molar-refractivity contribution is 9.10. The zero-order valence-corrected chi connectivity index (χ0v) is 12.4. The van der Waals surface area contributed by atoms with Crippen LogP contribution in [-0.4, -0.2) is 11.5 Å². The second kappa shape index (κ2) is 5.65. The molecule has 0 N–H and O–H groups in total. The van der Waals surface area contributed by atoms with Gasteiger partial charge in [0, 0.05) is 22.1 Å². The molecule has 90 valence electrons. The number of hydrogen-bond donors (Lipinski definition) is 0. The molecule has 0 spiro atoms. The molecule has 2 nitrogen and oxygen atoms in total. The number of pyridine rings is 1. The molecule has 0 atom stereocenters. The number of aromatic nitrogens is 1. The molecular weight excluding hydrogens is 296 g/mol. The zero-order chi connectivity index (χ0) is 12.3. The summed E-state index contributed by atoms with van der Waals surface area (Å²) in [5.74, 6) is 1.07. The monoisotopic (exact) mass is 310 g/mol. The van der Waals surface area contributed by atoms with Gasteiger partial charge in [-0.25, -0.2) is 4.98 Å². The Hall–Kier alpha value is -0.870. The first kappa shape index (κ1) is 12.6. The minimum atomic E-state index is 0.934. The van der Waals surface area contributed by atoms with Crippen molar-refractivity contribution in [2.45, 2.75) is 20.4 Å². The number of anilines is 1. The van der Waals surface area contributed by atoms with Crippen molar-refractivity contribution in [2.24, 2.45) is 0 Å². The summed E-state index contributed by atoms with van der Waals surface area (Å²) in [5, 5.41) is 2.12. The van der Waals surface area contributed by atoms with Gasteiger partial charge in [0.25, 0.3) is 0 Å². The average molecular weight is 311 g/mol. The van der Waals surface area contributed by atoms with E-state index in [0.717, 1.165) is 23.4 Å². The molecule has 0 aromatic carbocycles. The highest BCUT2D eigenvalue weighted by Gasteiger charge is 2.10. The van der Waals surface area contributed by atoms with Crippen molar-refractivity contribution in [1.29, 1.82) is 0 Å². The summed E-state index contributed by atoms with van der Waals surface area (Å²) in [5.41, 5.74) is 1.21. The molecule has 2 rings (SSSR count). The number of thiophene rings is 1. The van der Waals surface area contributed by atoms with Crippen LogP contribution in [0.25, 0.3) is 0 Å². The maximum Gasteiger partial charge on any atom is 0.131 e. The third-order valence-electron chi connectivity index (χ3n) is 2.63. The molecular formula is C13H15BrN2S. The van der Waals surface area contributed by atoms with Gasteiger partial charge >= 0.3 is 0 Å². The van der Waals surface area contributed by atoms with Crippen LogP contribution < -0.4 is 4.90 Å². The molecule has 0 radical (unpaired) electrons. The molecule has 0 saturated heterocycles. The van der Waals surface area contributed by atoms with E-state index in [4.69, 9.17) is 0 Å². The van der Waals surface area contributed by atoms with Gasteiger partial charge in [-0.15, -0.1) is 11.3 Å². The Balaban J connectivity index is 2.23. The summed E-state index contributed by atoms with van der Waals surface area (Å²) in [6.45, 7) is 6.16. The van der Waals surface area contributed by atoms with Crippen LogP contribution in [0.15, 0.2) is 34.2 Å². The average Bonchev–Trinajstić information content (AvgIpc) is 2.79. The molecule has 0 amide bonds. The third-order valence-corrected chi connectivity index (χ3v) is 3.92. The van der Waals surface area contributed by atoms with Crippen LogP contribution in [0.2, 0.25) is 0 Å². The van der Waals surface area contributed by atoms with E-state index in [2.05, 4.69) is 63.2 Å². The van der Waals surface area contributed by atoms with Gasteiger partial charge in [-0.2, -0.15) is 0 Å². The Morgan fingerprint density at radius 1 is 1.47 bits per heavy atom.